The summed E-state index contributed by atoms with van der Waals surface area (Å²) in [5.41, 5.74) is 1.77. The van der Waals surface area contributed by atoms with Crippen LogP contribution in [0.15, 0.2) is 18.2 Å². The molecule has 7 heteroatoms. The average Bonchev–Trinajstić information content (AvgIpc) is 2.63. The predicted molar refractivity (Wildman–Crippen MR) is 86.4 cm³/mol. The Morgan fingerprint density at radius 3 is 2.74 bits per heavy atom. The number of alkyl halides is 1. The van der Waals surface area contributed by atoms with Crippen LogP contribution in [0.2, 0.25) is 0 Å². The minimum atomic E-state index is -3.01. The minimum absolute atomic E-state index is 0.0844. The van der Waals surface area contributed by atoms with Crippen LogP contribution in [-0.2, 0) is 16.4 Å². The van der Waals surface area contributed by atoms with Crippen molar-refractivity contribution in [2.45, 2.75) is 18.8 Å². The number of hydrogen-bond donors (Lipinski definition) is 0. The van der Waals surface area contributed by atoms with Gasteiger partial charge in [0, 0.05) is 16.4 Å². The standard InChI is InChI=1S/C12H14ClIN2O2S/c1-8(13)12-15-10-7-9(14)3-4-11(10)16(12)5-6-19(2,17)18/h3-4,7-8H,5-6H2,1-2H3. The third-order valence-electron chi connectivity index (χ3n) is 2.78. The van der Waals surface area contributed by atoms with Gasteiger partial charge in [-0.05, 0) is 47.7 Å². The summed E-state index contributed by atoms with van der Waals surface area (Å²) in [6.07, 6.45) is 1.23. The van der Waals surface area contributed by atoms with Crippen molar-refractivity contribution < 1.29 is 8.42 Å². The van der Waals surface area contributed by atoms with Crippen molar-refractivity contribution in [3.8, 4) is 0 Å². The number of nitrogens with zero attached hydrogens (tertiary/aromatic N) is 2. The van der Waals surface area contributed by atoms with Gasteiger partial charge >= 0.3 is 0 Å². The largest absolute Gasteiger partial charge is 0.326 e. The van der Waals surface area contributed by atoms with Crippen LogP contribution in [0.4, 0.5) is 0 Å². The molecule has 0 spiro atoms. The monoisotopic (exact) mass is 412 g/mol. The molecule has 1 heterocycles. The maximum Gasteiger partial charge on any atom is 0.149 e. The first kappa shape index (κ1) is 15.1. The molecule has 1 aromatic carbocycles. The highest BCUT2D eigenvalue weighted by atomic mass is 127. The lowest BCUT2D eigenvalue weighted by Crippen LogP contribution is -2.13. The van der Waals surface area contributed by atoms with Gasteiger partial charge in [0.1, 0.15) is 15.7 Å². The second kappa shape index (κ2) is 5.57. The fourth-order valence-electron chi connectivity index (χ4n) is 1.92. The fourth-order valence-corrected chi connectivity index (χ4v) is 3.07. The van der Waals surface area contributed by atoms with Gasteiger partial charge in [0.2, 0.25) is 0 Å². The zero-order chi connectivity index (χ0) is 14.2. The second-order valence-electron chi connectivity index (χ2n) is 4.50. The van der Waals surface area contributed by atoms with Gasteiger partial charge in [-0.15, -0.1) is 11.6 Å². The van der Waals surface area contributed by atoms with Crippen LogP contribution in [0.3, 0.4) is 0 Å². The smallest absolute Gasteiger partial charge is 0.149 e. The van der Waals surface area contributed by atoms with E-state index in [4.69, 9.17) is 11.6 Å². The highest BCUT2D eigenvalue weighted by Crippen LogP contribution is 2.25. The van der Waals surface area contributed by atoms with Crippen molar-refractivity contribution in [2.75, 3.05) is 12.0 Å². The predicted octanol–water partition coefficient (Wildman–Crippen LogP) is 2.99. The molecule has 4 nitrogen and oxygen atoms in total. The van der Waals surface area contributed by atoms with Gasteiger partial charge in [-0.3, -0.25) is 0 Å². The van der Waals surface area contributed by atoms with E-state index in [1.165, 1.54) is 6.26 Å². The zero-order valence-corrected chi connectivity index (χ0v) is 14.3. The molecule has 2 aromatic rings. The molecule has 1 unspecified atom stereocenters. The minimum Gasteiger partial charge on any atom is -0.326 e. The van der Waals surface area contributed by atoms with Crippen LogP contribution >= 0.6 is 34.2 Å². The number of aryl methyl sites for hydroxylation is 1. The van der Waals surface area contributed by atoms with Crippen LogP contribution in [0.5, 0.6) is 0 Å². The van der Waals surface area contributed by atoms with Crippen LogP contribution in [0.1, 0.15) is 18.1 Å². The maximum atomic E-state index is 11.3. The lowest BCUT2D eigenvalue weighted by molar-refractivity contribution is 0.593. The van der Waals surface area contributed by atoms with Crippen molar-refractivity contribution in [1.29, 1.82) is 0 Å². The molecule has 0 radical (unpaired) electrons. The van der Waals surface area contributed by atoms with E-state index in [2.05, 4.69) is 27.6 Å². The van der Waals surface area contributed by atoms with Crippen molar-refractivity contribution in [3.05, 3.63) is 27.6 Å². The van der Waals surface area contributed by atoms with Gasteiger partial charge in [-0.25, -0.2) is 13.4 Å². The quantitative estimate of drug-likeness (QED) is 0.573. The van der Waals surface area contributed by atoms with Gasteiger partial charge in [-0.2, -0.15) is 0 Å². The zero-order valence-electron chi connectivity index (χ0n) is 10.6. The second-order valence-corrected chi connectivity index (χ2v) is 8.66. The summed E-state index contributed by atoms with van der Waals surface area (Å²) in [7, 11) is -3.01. The Labute approximate surface area is 131 Å². The van der Waals surface area contributed by atoms with Gasteiger partial charge in [0.25, 0.3) is 0 Å². The molecule has 0 aliphatic carbocycles. The number of fused-ring (bicyclic) bond motifs is 1. The molecule has 19 heavy (non-hydrogen) atoms. The summed E-state index contributed by atoms with van der Waals surface area (Å²) in [6.45, 7) is 2.22. The molecule has 0 saturated heterocycles. The topological polar surface area (TPSA) is 52.0 Å². The Hall–Kier alpha value is -0.340. The Bertz CT molecular complexity index is 710. The van der Waals surface area contributed by atoms with Crippen molar-refractivity contribution in [3.63, 3.8) is 0 Å². The van der Waals surface area contributed by atoms with Gasteiger partial charge in [-0.1, -0.05) is 0 Å². The summed E-state index contributed by atoms with van der Waals surface area (Å²) in [5.74, 6) is 0.795. The number of hydrogen-bond acceptors (Lipinski definition) is 3. The van der Waals surface area contributed by atoms with E-state index in [9.17, 15) is 8.42 Å². The highest BCUT2D eigenvalue weighted by Gasteiger charge is 2.16. The molecular formula is C12H14ClIN2O2S. The molecule has 0 fully saturated rings. The fraction of sp³-hybridized carbons (Fsp3) is 0.417. The third-order valence-corrected chi connectivity index (χ3v) is 4.57. The molecule has 0 N–H and O–H groups in total. The number of rotatable bonds is 4. The van der Waals surface area contributed by atoms with Gasteiger partial charge in [0.15, 0.2) is 0 Å². The summed E-state index contributed by atoms with van der Waals surface area (Å²) in [6, 6.07) is 5.90. The van der Waals surface area contributed by atoms with Crippen LogP contribution in [-0.4, -0.2) is 30.0 Å². The number of aromatic nitrogens is 2. The summed E-state index contributed by atoms with van der Waals surface area (Å²) in [4.78, 5) is 4.51. The maximum absolute atomic E-state index is 11.3. The van der Waals surface area contributed by atoms with E-state index in [-0.39, 0.29) is 11.1 Å². The Morgan fingerprint density at radius 2 is 2.16 bits per heavy atom. The Balaban J connectivity index is 2.52. The molecular weight excluding hydrogens is 399 g/mol. The van der Waals surface area contributed by atoms with E-state index in [1.54, 1.807) is 0 Å². The van der Waals surface area contributed by atoms with Gasteiger partial charge in [0.05, 0.1) is 22.2 Å². The van der Waals surface area contributed by atoms with Crippen LogP contribution < -0.4 is 0 Å². The lowest BCUT2D eigenvalue weighted by Gasteiger charge is -2.09. The Morgan fingerprint density at radius 1 is 1.47 bits per heavy atom. The number of benzene rings is 1. The third kappa shape index (κ3) is 3.61. The van der Waals surface area contributed by atoms with E-state index < -0.39 is 9.84 Å². The molecule has 0 amide bonds. The van der Waals surface area contributed by atoms with Crippen LogP contribution in [0, 0.1) is 3.57 Å². The SMILES string of the molecule is CC(Cl)c1nc2cc(I)ccc2n1CCS(C)(=O)=O. The Kier molecular flexibility index (Phi) is 4.42. The highest BCUT2D eigenvalue weighted by molar-refractivity contribution is 14.1. The normalized spacial score (nSPS) is 13.9. The van der Waals surface area contributed by atoms with Gasteiger partial charge < -0.3 is 4.57 Å². The summed E-state index contributed by atoms with van der Waals surface area (Å²) < 4.78 is 25.6. The number of halogens is 2. The van der Waals surface area contributed by atoms with E-state index in [1.807, 2.05) is 29.7 Å². The first-order valence-corrected chi connectivity index (χ1v) is 9.33. The lowest BCUT2D eigenvalue weighted by atomic mass is 10.3. The summed E-state index contributed by atoms with van der Waals surface area (Å²) >= 11 is 8.36. The first-order chi connectivity index (χ1) is 8.78. The molecule has 0 aliphatic rings. The van der Waals surface area contributed by atoms with Crippen molar-refractivity contribution in [2.24, 2.45) is 0 Å². The van der Waals surface area contributed by atoms with Crippen molar-refractivity contribution >= 4 is 55.1 Å². The number of sulfone groups is 1. The molecule has 1 aromatic heterocycles. The van der Waals surface area contributed by atoms with E-state index in [0.717, 1.165) is 14.6 Å². The molecule has 2 rings (SSSR count). The molecule has 0 aliphatic heterocycles. The first-order valence-electron chi connectivity index (χ1n) is 5.75. The van der Waals surface area contributed by atoms with E-state index in [0.29, 0.717) is 12.4 Å². The molecule has 0 bridgehead atoms. The van der Waals surface area contributed by atoms with E-state index >= 15 is 0 Å². The average molecular weight is 413 g/mol. The molecule has 0 saturated carbocycles. The molecule has 1 atom stereocenters. The van der Waals surface area contributed by atoms with Crippen LogP contribution in [0.25, 0.3) is 11.0 Å². The number of imidazole rings is 1. The molecule has 104 valence electrons. The van der Waals surface area contributed by atoms with Crippen molar-refractivity contribution in [1.82, 2.24) is 9.55 Å². The summed E-state index contributed by atoms with van der Waals surface area (Å²) in [5, 5.41) is -0.260.